The lowest BCUT2D eigenvalue weighted by Gasteiger charge is -2.05. The molecule has 0 aliphatic rings. The molecule has 0 radical (unpaired) electrons. The molecule has 7 heteroatoms. The van der Waals surface area contributed by atoms with Crippen LogP contribution in [0.5, 0.6) is 0 Å². The fraction of sp³-hybridized carbons (Fsp3) is 0. The Bertz CT molecular complexity index is 879. The van der Waals surface area contributed by atoms with Crippen LogP contribution in [0.2, 0.25) is 5.02 Å². The van der Waals surface area contributed by atoms with Gasteiger partial charge in [0.15, 0.2) is 0 Å². The number of para-hydroxylation sites is 1. The lowest BCUT2D eigenvalue weighted by Crippen LogP contribution is -2.12. The van der Waals surface area contributed by atoms with Crippen LogP contribution in [0.1, 0.15) is 10.4 Å². The largest absolute Gasteiger partial charge is 0.319 e. The van der Waals surface area contributed by atoms with Gasteiger partial charge in [0.25, 0.3) is 5.91 Å². The lowest BCUT2D eigenvalue weighted by atomic mass is 10.2. The highest BCUT2D eigenvalue weighted by molar-refractivity contribution is 6.34. The van der Waals surface area contributed by atoms with E-state index >= 15 is 0 Å². The van der Waals surface area contributed by atoms with Crippen molar-refractivity contribution in [1.82, 2.24) is 9.78 Å². The number of benzene rings is 2. The summed E-state index contributed by atoms with van der Waals surface area (Å²) in [6.07, 6.45) is 2.81. The van der Waals surface area contributed by atoms with Crippen LogP contribution in [0.4, 0.5) is 14.5 Å². The summed E-state index contributed by atoms with van der Waals surface area (Å²) >= 11 is 5.77. The number of nitrogens with one attached hydrogen (secondary N) is 1. The quantitative estimate of drug-likeness (QED) is 0.785. The molecule has 0 spiro atoms. The molecule has 0 atom stereocenters. The van der Waals surface area contributed by atoms with Crippen LogP contribution in [0.3, 0.4) is 0 Å². The van der Waals surface area contributed by atoms with Crippen molar-refractivity contribution < 1.29 is 13.6 Å². The number of aromatic nitrogens is 2. The third kappa shape index (κ3) is 3.07. The van der Waals surface area contributed by atoms with E-state index in [2.05, 4.69) is 10.4 Å². The molecule has 0 fully saturated rings. The maximum atomic E-state index is 13.7. The van der Waals surface area contributed by atoms with Crippen molar-refractivity contribution in [3.05, 3.63) is 77.1 Å². The Morgan fingerprint density at radius 2 is 1.83 bits per heavy atom. The number of hydrogen-bond donors (Lipinski definition) is 1. The second-order valence-corrected chi connectivity index (χ2v) is 5.06. The maximum absolute atomic E-state index is 13.7. The predicted octanol–water partition coefficient (Wildman–Crippen LogP) is 4.06. The van der Waals surface area contributed by atoms with Gasteiger partial charge < -0.3 is 5.32 Å². The van der Waals surface area contributed by atoms with E-state index in [1.165, 1.54) is 35.3 Å². The van der Waals surface area contributed by atoms with Gasteiger partial charge in [-0.2, -0.15) is 5.10 Å². The molecule has 0 bridgehead atoms. The minimum Gasteiger partial charge on any atom is -0.319 e. The van der Waals surface area contributed by atoms with Gasteiger partial charge in [-0.15, -0.1) is 0 Å². The molecule has 4 nitrogen and oxygen atoms in total. The summed E-state index contributed by atoms with van der Waals surface area (Å²) < 4.78 is 28.4. The van der Waals surface area contributed by atoms with Crippen molar-refractivity contribution >= 4 is 23.2 Å². The molecule has 0 saturated carbocycles. The van der Waals surface area contributed by atoms with Crippen molar-refractivity contribution in [3.63, 3.8) is 0 Å². The van der Waals surface area contributed by atoms with Gasteiger partial charge in [0.1, 0.15) is 17.3 Å². The topological polar surface area (TPSA) is 46.9 Å². The molecule has 23 heavy (non-hydrogen) atoms. The third-order valence-electron chi connectivity index (χ3n) is 3.14. The minimum atomic E-state index is -0.679. The van der Waals surface area contributed by atoms with E-state index in [9.17, 15) is 13.6 Å². The lowest BCUT2D eigenvalue weighted by molar-refractivity contribution is 0.102. The monoisotopic (exact) mass is 333 g/mol. The number of halogens is 3. The van der Waals surface area contributed by atoms with Crippen molar-refractivity contribution in [2.45, 2.75) is 0 Å². The second kappa shape index (κ2) is 6.18. The molecule has 1 aromatic heterocycles. The van der Waals surface area contributed by atoms with Crippen LogP contribution in [0, 0.1) is 11.6 Å². The van der Waals surface area contributed by atoms with Gasteiger partial charge in [-0.25, -0.2) is 13.5 Å². The molecule has 1 N–H and O–H groups in total. The van der Waals surface area contributed by atoms with E-state index in [0.717, 1.165) is 6.07 Å². The molecule has 0 saturated heterocycles. The number of carbonyl (C=O) groups excluding carboxylic acids is 1. The number of amides is 1. The first-order valence-corrected chi connectivity index (χ1v) is 6.99. The summed E-state index contributed by atoms with van der Waals surface area (Å²) in [6, 6.07) is 10.1. The van der Waals surface area contributed by atoms with Gasteiger partial charge in [-0.05, 0) is 24.3 Å². The van der Waals surface area contributed by atoms with Gasteiger partial charge in [0, 0.05) is 0 Å². The molecule has 1 amide bonds. The highest BCUT2D eigenvalue weighted by atomic mass is 35.5. The van der Waals surface area contributed by atoms with Gasteiger partial charge in [0.05, 0.1) is 28.7 Å². The van der Waals surface area contributed by atoms with Crippen molar-refractivity contribution in [1.29, 1.82) is 0 Å². The number of anilines is 1. The van der Waals surface area contributed by atoms with Crippen LogP contribution in [0.15, 0.2) is 54.9 Å². The summed E-state index contributed by atoms with van der Waals surface area (Å²) in [4.78, 5) is 12.1. The van der Waals surface area contributed by atoms with Crippen molar-refractivity contribution in [3.8, 4) is 5.69 Å². The van der Waals surface area contributed by atoms with Crippen LogP contribution < -0.4 is 5.32 Å². The average Bonchev–Trinajstić information content (AvgIpc) is 2.98. The summed E-state index contributed by atoms with van der Waals surface area (Å²) in [5, 5.41) is 6.27. The van der Waals surface area contributed by atoms with E-state index in [4.69, 9.17) is 11.6 Å². The van der Waals surface area contributed by atoms with Gasteiger partial charge in [0.2, 0.25) is 0 Å². The van der Waals surface area contributed by atoms with Crippen LogP contribution in [-0.2, 0) is 0 Å². The fourth-order valence-electron chi connectivity index (χ4n) is 2.03. The van der Waals surface area contributed by atoms with E-state index in [0.29, 0.717) is 5.69 Å². The summed E-state index contributed by atoms with van der Waals surface area (Å²) in [7, 11) is 0. The zero-order valence-electron chi connectivity index (χ0n) is 11.6. The van der Waals surface area contributed by atoms with Gasteiger partial charge in [-0.3, -0.25) is 4.79 Å². The number of rotatable bonds is 3. The zero-order valence-corrected chi connectivity index (χ0v) is 12.4. The summed E-state index contributed by atoms with van der Waals surface area (Å²) in [6.45, 7) is 0. The van der Waals surface area contributed by atoms with E-state index in [-0.39, 0.29) is 16.3 Å². The normalized spacial score (nSPS) is 10.6. The van der Waals surface area contributed by atoms with Crippen LogP contribution in [-0.4, -0.2) is 15.7 Å². The van der Waals surface area contributed by atoms with E-state index < -0.39 is 17.5 Å². The first-order valence-electron chi connectivity index (χ1n) is 6.61. The number of hydrogen-bond acceptors (Lipinski definition) is 2. The molecule has 2 aromatic carbocycles. The maximum Gasteiger partial charge on any atom is 0.257 e. The van der Waals surface area contributed by atoms with Crippen LogP contribution in [0.25, 0.3) is 5.69 Å². The summed E-state index contributed by atoms with van der Waals surface area (Å²) in [5.74, 6) is -1.70. The molecule has 0 unspecified atom stereocenters. The highest BCUT2D eigenvalue weighted by Crippen LogP contribution is 2.21. The molecule has 0 aliphatic carbocycles. The smallest absolute Gasteiger partial charge is 0.257 e. The number of nitrogens with zero attached hydrogens (tertiary/aromatic N) is 2. The minimum absolute atomic E-state index is 0.00492. The average molecular weight is 334 g/mol. The first kappa shape index (κ1) is 15.2. The predicted molar refractivity (Wildman–Crippen MR) is 82.9 cm³/mol. The standard InChI is InChI=1S/C16H10ClF2N3O/c17-15-11(4-3-6-13(15)19)16(23)21-10-8-20-22(9-10)14-7-2-1-5-12(14)18/h1-9H,(H,21,23). The molecule has 1 heterocycles. The second-order valence-electron chi connectivity index (χ2n) is 4.68. The van der Waals surface area contributed by atoms with Gasteiger partial charge >= 0.3 is 0 Å². The summed E-state index contributed by atoms with van der Waals surface area (Å²) in [5.41, 5.74) is 0.584. The molecule has 3 aromatic rings. The third-order valence-corrected chi connectivity index (χ3v) is 3.52. The van der Waals surface area contributed by atoms with Crippen molar-refractivity contribution in [2.24, 2.45) is 0 Å². The SMILES string of the molecule is O=C(Nc1cnn(-c2ccccc2F)c1)c1cccc(F)c1Cl. The Hall–Kier alpha value is -2.73. The van der Waals surface area contributed by atoms with E-state index in [1.807, 2.05) is 0 Å². The molecule has 3 rings (SSSR count). The van der Waals surface area contributed by atoms with Crippen LogP contribution >= 0.6 is 11.6 Å². The Labute approximate surface area is 135 Å². The molecular formula is C16H10ClF2N3O. The Balaban J connectivity index is 1.83. The molecular weight excluding hydrogens is 324 g/mol. The zero-order chi connectivity index (χ0) is 16.4. The molecule has 116 valence electrons. The fourth-order valence-corrected chi connectivity index (χ4v) is 2.25. The first-order chi connectivity index (χ1) is 11.1. The Morgan fingerprint density at radius 1 is 1.09 bits per heavy atom. The van der Waals surface area contributed by atoms with E-state index in [1.54, 1.807) is 18.2 Å². The molecule has 0 aliphatic heterocycles. The highest BCUT2D eigenvalue weighted by Gasteiger charge is 2.14. The van der Waals surface area contributed by atoms with Gasteiger partial charge in [-0.1, -0.05) is 29.8 Å². The Kier molecular flexibility index (Phi) is 4.08. The number of carbonyl (C=O) groups is 1. The van der Waals surface area contributed by atoms with Crippen molar-refractivity contribution in [2.75, 3.05) is 5.32 Å². The Morgan fingerprint density at radius 3 is 2.61 bits per heavy atom.